The van der Waals surface area contributed by atoms with E-state index in [1.54, 1.807) is 0 Å². The second kappa shape index (κ2) is 8.34. The molecule has 1 heterocycles. The minimum atomic E-state index is 0.635. The minimum Gasteiger partial charge on any atom is -0.308 e. The van der Waals surface area contributed by atoms with Gasteiger partial charge >= 0.3 is 0 Å². The Bertz CT molecular complexity index is 1660. The highest BCUT2D eigenvalue weighted by molar-refractivity contribution is 6.10. The lowest BCUT2D eigenvalue weighted by molar-refractivity contribution is 1.18. The highest BCUT2D eigenvalue weighted by atomic mass is 15.0. The quantitative estimate of drug-likeness (QED) is 0.278. The van der Waals surface area contributed by atoms with Gasteiger partial charge in [0, 0.05) is 21.9 Å². The molecule has 0 unspecified atom stereocenters. The lowest BCUT2D eigenvalue weighted by Gasteiger charge is -2.19. The van der Waals surface area contributed by atoms with Crippen LogP contribution in [-0.2, 0) is 0 Å². The second-order valence-corrected chi connectivity index (χ2v) is 8.45. The Hall–Kier alpha value is -5.12. The number of hydrogen-bond donors (Lipinski definition) is 0. The molecule has 0 saturated heterocycles. The van der Waals surface area contributed by atoms with Crippen LogP contribution in [0.15, 0.2) is 115 Å². The first-order chi connectivity index (χ1) is 17.3. The van der Waals surface area contributed by atoms with E-state index in [-0.39, 0.29) is 0 Å². The molecule has 0 N–H and O–H groups in total. The Kier molecular flexibility index (Phi) is 4.88. The number of benzene rings is 5. The zero-order valence-corrected chi connectivity index (χ0v) is 18.8. The maximum atomic E-state index is 9.30. The molecule has 0 spiro atoms. The maximum Gasteiger partial charge on any atom is 0.0991 e. The first kappa shape index (κ1) is 20.5. The predicted molar refractivity (Wildman–Crippen MR) is 141 cm³/mol. The maximum absolute atomic E-state index is 9.30. The minimum absolute atomic E-state index is 0.635. The monoisotopic (exact) mass is 445 g/mol. The largest absolute Gasteiger partial charge is 0.308 e. The van der Waals surface area contributed by atoms with E-state index in [4.69, 9.17) is 0 Å². The zero-order chi connectivity index (χ0) is 23.8. The number of fused-ring (bicyclic) bond motifs is 3. The molecule has 6 rings (SSSR count). The number of hydrogen-bond acceptors (Lipinski definition) is 2. The number of nitrogens with zero attached hydrogens (tertiary/aromatic N) is 3. The Morgan fingerprint density at radius 2 is 0.886 bits per heavy atom. The molecule has 35 heavy (non-hydrogen) atoms. The molecule has 0 fully saturated rings. The molecule has 6 aromatic rings. The van der Waals surface area contributed by atoms with Crippen LogP contribution in [0.2, 0.25) is 0 Å². The van der Waals surface area contributed by atoms with E-state index in [2.05, 4.69) is 83.4 Å². The van der Waals surface area contributed by atoms with Gasteiger partial charge in [-0.05, 0) is 47.5 Å². The van der Waals surface area contributed by atoms with Gasteiger partial charge in [-0.25, -0.2) is 0 Å². The van der Waals surface area contributed by atoms with Crippen molar-refractivity contribution in [2.24, 2.45) is 0 Å². The van der Waals surface area contributed by atoms with Gasteiger partial charge in [-0.15, -0.1) is 0 Å². The van der Waals surface area contributed by atoms with Crippen molar-refractivity contribution in [3.8, 4) is 40.1 Å². The molecular formula is C32H19N3. The normalized spacial score (nSPS) is 10.8. The van der Waals surface area contributed by atoms with Crippen LogP contribution in [0, 0.1) is 22.7 Å². The van der Waals surface area contributed by atoms with Crippen LogP contribution in [0.1, 0.15) is 11.1 Å². The number of aromatic nitrogens is 1. The van der Waals surface area contributed by atoms with Crippen molar-refractivity contribution in [1.82, 2.24) is 4.57 Å². The second-order valence-electron chi connectivity index (χ2n) is 8.45. The molecule has 0 atom stereocenters. The van der Waals surface area contributed by atoms with Crippen molar-refractivity contribution < 1.29 is 0 Å². The van der Waals surface area contributed by atoms with Gasteiger partial charge < -0.3 is 4.57 Å². The summed E-state index contributed by atoms with van der Waals surface area (Å²) in [5.41, 5.74) is 8.82. The first-order valence-electron chi connectivity index (χ1n) is 11.4. The molecule has 0 saturated carbocycles. The summed E-state index contributed by atoms with van der Waals surface area (Å²) in [5, 5.41) is 21.0. The van der Waals surface area contributed by atoms with E-state index in [1.807, 2.05) is 48.5 Å². The Balaban J connectivity index is 1.74. The Morgan fingerprint density at radius 1 is 0.457 bits per heavy atom. The molecule has 0 aliphatic carbocycles. The number of para-hydroxylation sites is 3. The lowest BCUT2D eigenvalue weighted by atomic mass is 9.94. The molecule has 0 aliphatic heterocycles. The summed E-state index contributed by atoms with van der Waals surface area (Å²) in [7, 11) is 0. The van der Waals surface area contributed by atoms with Crippen molar-refractivity contribution in [2.45, 2.75) is 0 Å². The Morgan fingerprint density at radius 3 is 1.31 bits per heavy atom. The summed E-state index contributed by atoms with van der Waals surface area (Å²) in [4.78, 5) is 0. The molecule has 162 valence electrons. The summed E-state index contributed by atoms with van der Waals surface area (Å²) in [6.07, 6.45) is 0. The summed E-state index contributed by atoms with van der Waals surface area (Å²) < 4.78 is 2.34. The third kappa shape index (κ3) is 3.35. The van der Waals surface area contributed by atoms with E-state index in [0.29, 0.717) is 11.1 Å². The van der Waals surface area contributed by atoms with Crippen LogP contribution in [-0.4, -0.2) is 4.57 Å². The molecule has 1 aromatic heterocycles. The zero-order valence-electron chi connectivity index (χ0n) is 18.8. The summed E-state index contributed by atoms with van der Waals surface area (Å²) in [5.74, 6) is 0. The van der Waals surface area contributed by atoms with Crippen molar-refractivity contribution in [1.29, 1.82) is 10.5 Å². The fraction of sp³-hybridized carbons (Fsp3) is 0. The van der Waals surface area contributed by atoms with Crippen LogP contribution in [0.3, 0.4) is 0 Å². The van der Waals surface area contributed by atoms with Crippen molar-refractivity contribution in [3.63, 3.8) is 0 Å². The van der Waals surface area contributed by atoms with E-state index in [9.17, 15) is 10.5 Å². The van der Waals surface area contributed by atoms with Crippen molar-refractivity contribution in [3.05, 3.63) is 126 Å². The summed E-state index contributed by atoms with van der Waals surface area (Å²) in [6.45, 7) is 0. The van der Waals surface area contributed by atoms with Crippen LogP contribution >= 0.6 is 0 Å². The van der Waals surface area contributed by atoms with Gasteiger partial charge in [-0.1, -0.05) is 78.9 Å². The SMILES string of the molecule is N#Cc1ccc(-c2cccc(-c3ccc(C#N)cc3)c2-n2c3ccccc3c3ccccc32)cc1. The van der Waals surface area contributed by atoms with Crippen LogP contribution in [0.25, 0.3) is 49.7 Å². The summed E-state index contributed by atoms with van der Waals surface area (Å²) in [6, 6.07) is 43.2. The van der Waals surface area contributed by atoms with E-state index in [0.717, 1.165) is 39.0 Å². The van der Waals surface area contributed by atoms with E-state index < -0.39 is 0 Å². The van der Waals surface area contributed by atoms with Crippen molar-refractivity contribution in [2.75, 3.05) is 0 Å². The van der Waals surface area contributed by atoms with E-state index >= 15 is 0 Å². The fourth-order valence-corrected chi connectivity index (χ4v) is 4.86. The summed E-state index contributed by atoms with van der Waals surface area (Å²) >= 11 is 0. The molecular weight excluding hydrogens is 426 g/mol. The van der Waals surface area contributed by atoms with E-state index in [1.165, 1.54) is 10.8 Å². The van der Waals surface area contributed by atoms with Gasteiger partial charge in [-0.3, -0.25) is 0 Å². The van der Waals surface area contributed by atoms with Crippen LogP contribution < -0.4 is 0 Å². The molecule has 0 aliphatic rings. The smallest absolute Gasteiger partial charge is 0.0991 e. The third-order valence-electron chi connectivity index (χ3n) is 6.49. The van der Waals surface area contributed by atoms with Gasteiger partial charge in [0.25, 0.3) is 0 Å². The molecule has 0 bridgehead atoms. The predicted octanol–water partition coefficient (Wildman–Crippen LogP) is 7.86. The van der Waals surface area contributed by atoms with Crippen molar-refractivity contribution >= 4 is 21.8 Å². The van der Waals surface area contributed by atoms with Gasteiger partial charge in [0.1, 0.15) is 0 Å². The lowest BCUT2D eigenvalue weighted by Crippen LogP contribution is -2.00. The standard InChI is InChI=1S/C32H19N3/c33-20-22-12-16-24(17-13-22)26-8-5-9-27(25-18-14-23(21-34)15-19-25)32(26)35-30-10-3-1-6-28(30)29-7-2-4-11-31(29)35/h1-19H. The fourth-order valence-electron chi connectivity index (χ4n) is 4.86. The van der Waals surface area contributed by atoms with Crippen LogP contribution in [0.4, 0.5) is 0 Å². The van der Waals surface area contributed by atoms with Gasteiger partial charge in [0.15, 0.2) is 0 Å². The average Bonchev–Trinajstić information content (AvgIpc) is 3.27. The first-order valence-corrected chi connectivity index (χ1v) is 11.4. The number of nitriles is 2. The highest BCUT2D eigenvalue weighted by Gasteiger charge is 2.19. The molecule has 3 nitrogen and oxygen atoms in total. The molecule has 5 aromatic carbocycles. The van der Waals surface area contributed by atoms with Gasteiger partial charge in [-0.2, -0.15) is 10.5 Å². The molecule has 3 heteroatoms. The third-order valence-corrected chi connectivity index (χ3v) is 6.49. The topological polar surface area (TPSA) is 52.5 Å². The highest BCUT2D eigenvalue weighted by Crippen LogP contribution is 2.41. The molecule has 0 radical (unpaired) electrons. The Labute approximate surface area is 203 Å². The van der Waals surface area contributed by atoms with Crippen LogP contribution in [0.5, 0.6) is 0 Å². The average molecular weight is 446 g/mol. The van der Waals surface area contributed by atoms with Gasteiger partial charge in [0.05, 0.1) is 40.0 Å². The van der Waals surface area contributed by atoms with Gasteiger partial charge in [0.2, 0.25) is 0 Å². The molecule has 0 amide bonds. The number of rotatable bonds is 3.